The minimum atomic E-state index is -0.160. The van der Waals surface area contributed by atoms with E-state index in [0.717, 1.165) is 12.8 Å². The molecule has 7 heteroatoms. The molecular weight excluding hydrogens is 262 g/mol. The minimum Gasteiger partial charge on any atom is -0.351 e. The maximum Gasteiger partial charge on any atom is 0.273 e. The molecule has 1 aromatic rings. The van der Waals surface area contributed by atoms with Crippen LogP contribution in [0.4, 0.5) is 0 Å². The zero-order valence-electron chi connectivity index (χ0n) is 11.5. The number of aromatic nitrogens is 3. The third kappa shape index (κ3) is 6.58. The molecule has 0 bridgehead atoms. The Kier molecular flexibility index (Phi) is 8.24. The smallest absolute Gasteiger partial charge is 0.273 e. The SMILES string of the molecule is CSCCCCCCNC(=O)c1cn(CCN)nn1. The number of nitrogens with one attached hydrogen (secondary N) is 1. The second-order valence-electron chi connectivity index (χ2n) is 4.32. The average molecular weight is 285 g/mol. The molecule has 0 fully saturated rings. The van der Waals surface area contributed by atoms with Crippen LogP contribution in [0.25, 0.3) is 0 Å². The number of amides is 1. The minimum absolute atomic E-state index is 0.160. The number of nitrogens with two attached hydrogens (primary N) is 1. The van der Waals surface area contributed by atoms with Crippen LogP contribution in [-0.2, 0) is 6.54 Å². The third-order valence-electron chi connectivity index (χ3n) is 2.69. The standard InChI is InChI=1S/C12H23N5OS/c1-19-9-5-3-2-4-7-14-12(18)11-10-17(8-6-13)16-15-11/h10H,2-9,13H2,1H3,(H,14,18). The molecule has 0 radical (unpaired) electrons. The van der Waals surface area contributed by atoms with Crippen LogP contribution < -0.4 is 11.1 Å². The number of hydrogen-bond donors (Lipinski definition) is 2. The molecule has 1 amide bonds. The first-order valence-corrected chi connectivity index (χ1v) is 8.04. The first-order chi connectivity index (χ1) is 9.27. The van der Waals surface area contributed by atoms with Crippen molar-refractivity contribution in [3.63, 3.8) is 0 Å². The van der Waals surface area contributed by atoms with E-state index < -0.39 is 0 Å². The molecule has 1 heterocycles. The Morgan fingerprint density at radius 3 is 2.95 bits per heavy atom. The maximum absolute atomic E-state index is 11.7. The summed E-state index contributed by atoms with van der Waals surface area (Å²) in [7, 11) is 0. The highest BCUT2D eigenvalue weighted by atomic mass is 32.2. The summed E-state index contributed by atoms with van der Waals surface area (Å²) in [6, 6.07) is 0. The Balaban J connectivity index is 2.13. The highest BCUT2D eigenvalue weighted by Crippen LogP contribution is 2.04. The predicted molar refractivity (Wildman–Crippen MR) is 78.3 cm³/mol. The molecule has 0 spiro atoms. The second kappa shape index (κ2) is 9.80. The van der Waals surface area contributed by atoms with Gasteiger partial charge in [0, 0.05) is 13.1 Å². The largest absolute Gasteiger partial charge is 0.351 e. The topological polar surface area (TPSA) is 85.8 Å². The van der Waals surface area contributed by atoms with E-state index in [-0.39, 0.29) is 5.91 Å². The summed E-state index contributed by atoms with van der Waals surface area (Å²) in [6.45, 7) is 1.76. The van der Waals surface area contributed by atoms with E-state index in [9.17, 15) is 4.79 Å². The van der Waals surface area contributed by atoms with Crippen LogP contribution in [0.2, 0.25) is 0 Å². The summed E-state index contributed by atoms with van der Waals surface area (Å²) in [6.07, 6.45) is 8.39. The quantitative estimate of drug-likeness (QED) is 0.624. The van der Waals surface area contributed by atoms with Gasteiger partial charge < -0.3 is 11.1 Å². The van der Waals surface area contributed by atoms with E-state index in [1.807, 2.05) is 11.8 Å². The van der Waals surface area contributed by atoms with Crippen LogP contribution in [0.3, 0.4) is 0 Å². The zero-order chi connectivity index (χ0) is 13.9. The van der Waals surface area contributed by atoms with Gasteiger partial charge in [0.15, 0.2) is 5.69 Å². The first kappa shape index (κ1) is 16.0. The van der Waals surface area contributed by atoms with Crippen molar-refractivity contribution < 1.29 is 4.79 Å². The number of unbranched alkanes of at least 4 members (excludes halogenated alkanes) is 3. The van der Waals surface area contributed by atoms with E-state index in [1.54, 1.807) is 10.9 Å². The third-order valence-corrected chi connectivity index (χ3v) is 3.39. The van der Waals surface area contributed by atoms with Crippen LogP contribution in [0.1, 0.15) is 36.2 Å². The van der Waals surface area contributed by atoms with E-state index >= 15 is 0 Å². The molecule has 0 aliphatic heterocycles. The van der Waals surface area contributed by atoms with Gasteiger partial charge in [-0.05, 0) is 24.9 Å². The highest BCUT2D eigenvalue weighted by molar-refractivity contribution is 7.98. The first-order valence-electron chi connectivity index (χ1n) is 6.65. The molecule has 1 rings (SSSR count). The molecule has 19 heavy (non-hydrogen) atoms. The van der Waals surface area contributed by atoms with Gasteiger partial charge in [-0.3, -0.25) is 9.48 Å². The average Bonchev–Trinajstić information content (AvgIpc) is 2.87. The number of nitrogens with zero attached hydrogens (tertiary/aromatic N) is 3. The summed E-state index contributed by atoms with van der Waals surface area (Å²) in [5, 5.41) is 10.5. The number of thioether (sulfide) groups is 1. The molecular formula is C12H23N5OS. The number of carbonyl (C=O) groups excluding carboxylic acids is 1. The van der Waals surface area contributed by atoms with Gasteiger partial charge in [-0.15, -0.1) is 5.10 Å². The fourth-order valence-electron chi connectivity index (χ4n) is 1.66. The van der Waals surface area contributed by atoms with Crippen molar-refractivity contribution in [3.05, 3.63) is 11.9 Å². The fraction of sp³-hybridized carbons (Fsp3) is 0.750. The molecule has 0 saturated heterocycles. The van der Waals surface area contributed by atoms with Crippen molar-refractivity contribution >= 4 is 17.7 Å². The van der Waals surface area contributed by atoms with Crippen molar-refractivity contribution in [1.82, 2.24) is 20.3 Å². The molecule has 0 unspecified atom stereocenters. The number of rotatable bonds is 10. The van der Waals surface area contributed by atoms with E-state index in [4.69, 9.17) is 5.73 Å². The summed E-state index contributed by atoms with van der Waals surface area (Å²) < 4.78 is 1.58. The van der Waals surface area contributed by atoms with Crippen LogP contribution in [0, 0.1) is 0 Å². The Hall–Kier alpha value is -1.08. The van der Waals surface area contributed by atoms with Gasteiger partial charge in [-0.2, -0.15) is 11.8 Å². The summed E-state index contributed by atoms with van der Waals surface area (Å²) in [4.78, 5) is 11.7. The zero-order valence-corrected chi connectivity index (χ0v) is 12.3. The highest BCUT2D eigenvalue weighted by Gasteiger charge is 2.09. The lowest BCUT2D eigenvalue weighted by atomic mass is 10.2. The van der Waals surface area contributed by atoms with Crippen LogP contribution in [0.5, 0.6) is 0 Å². The maximum atomic E-state index is 11.7. The van der Waals surface area contributed by atoms with E-state index in [1.165, 1.54) is 18.6 Å². The molecule has 0 saturated carbocycles. The van der Waals surface area contributed by atoms with E-state index in [2.05, 4.69) is 21.9 Å². The molecule has 0 aliphatic carbocycles. The van der Waals surface area contributed by atoms with Gasteiger partial charge in [0.2, 0.25) is 0 Å². The van der Waals surface area contributed by atoms with Crippen molar-refractivity contribution in [2.24, 2.45) is 5.73 Å². The lowest BCUT2D eigenvalue weighted by Crippen LogP contribution is -2.24. The summed E-state index contributed by atoms with van der Waals surface area (Å²) in [5.41, 5.74) is 5.76. The molecule has 0 aliphatic rings. The molecule has 0 atom stereocenters. The molecule has 0 aromatic carbocycles. The summed E-state index contributed by atoms with van der Waals surface area (Å²) in [5.74, 6) is 1.06. The Bertz CT molecular complexity index is 369. The number of hydrogen-bond acceptors (Lipinski definition) is 5. The monoisotopic (exact) mass is 285 g/mol. The van der Waals surface area contributed by atoms with Crippen LogP contribution in [-0.4, -0.2) is 46.0 Å². The van der Waals surface area contributed by atoms with Gasteiger partial charge in [0.25, 0.3) is 5.91 Å². The Morgan fingerprint density at radius 1 is 1.42 bits per heavy atom. The predicted octanol–water partition coefficient (Wildman–Crippen LogP) is 0.890. The van der Waals surface area contributed by atoms with Gasteiger partial charge in [-0.25, -0.2) is 0 Å². The summed E-state index contributed by atoms with van der Waals surface area (Å²) >= 11 is 1.88. The van der Waals surface area contributed by atoms with Crippen molar-refractivity contribution in [3.8, 4) is 0 Å². The Labute approximate surface area is 118 Å². The lowest BCUT2D eigenvalue weighted by molar-refractivity contribution is 0.0948. The van der Waals surface area contributed by atoms with Gasteiger partial charge >= 0.3 is 0 Å². The normalized spacial score (nSPS) is 10.6. The van der Waals surface area contributed by atoms with Crippen molar-refractivity contribution in [1.29, 1.82) is 0 Å². The molecule has 6 nitrogen and oxygen atoms in total. The van der Waals surface area contributed by atoms with Crippen molar-refractivity contribution in [2.45, 2.75) is 32.2 Å². The molecule has 108 valence electrons. The van der Waals surface area contributed by atoms with Crippen molar-refractivity contribution in [2.75, 3.05) is 25.1 Å². The fourth-order valence-corrected chi connectivity index (χ4v) is 2.15. The molecule has 1 aromatic heterocycles. The van der Waals surface area contributed by atoms with Gasteiger partial charge in [-0.1, -0.05) is 18.1 Å². The second-order valence-corrected chi connectivity index (χ2v) is 5.30. The van der Waals surface area contributed by atoms with Crippen LogP contribution in [0.15, 0.2) is 6.20 Å². The van der Waals surface area contributed by atoms with Crippen LogP contribution >= 0.6 is 11.8 Å². The molecule has 3 N–H and O–H groups in total. The van der Waals surface area contributed by atoms with Gasteiger partial charge in [0.05, 0.1) is 12.7 Å². The Morgan fingerprint density at radius 2 is 2.21 bits per heavy atom. The van der Waals surface area contributed by atoms with Gasteiger partial charge in [0.1, 0.15) is 0 Å². The number of carbonyl (C=O) groups is 1. The lowest BCUT2D eigenvalue weighted by Gasteiger charge is -2.02. The van der Waals surface area contributed by atoms with E-state index in [0.29, 0.717) is 25.3 Å².